The quantitative estimate of drug-likeness (QED) is 0.613. The molecule has 0 aliphatic carbocycles. The Bertz CT molecular complexity index is 1050. The minimum absolute atomic E-state index is 0.0427. The van der Waals surface area contributed by atoms with E-state index in [0.717, 1.165) is 56.6 Å². The van der Waals surface area contributed by atoms with Crippen molar-refractivity contribution in [1.29, 1.82) is 0 Å². The van der Waals surface area contributed by atoms with Crippen molar-refractivity contribution in [3.05, 3.63) is 65.7 Å². The highest BCUT2D eigenvalue weighted by Gasteiger charge is 2.42. The monoisotopic (exact) mass is 491 g/mol. The Hall–Kier alpha value is -2.90. The smallest absolute Gasteiger partial charge is 0.239 e. The van der Waals surface area contributed by atoms with E-state index in [0.29, 0.717) is 19.5 Å². The van der Waals surface area contributed by atoms with Gasteiger partial charge in [-0.15, -0.1) is 0 Å². The Morgan fingerprint density at radius 3 is 2.61 bits per heavy atom. The number of amides is 2. The lowest BCUT2D eigenvalue weighted by Crippen LogP contribution is -2.45. The van der Waals surface area contributed by atoms with Crippen LogP contribution >= 0.6 is 0 Å². The number of benzene rings is 2. The number of hydrogen-bond donors (Lipinski definition) is 1. The molecule has 2 aromatic rings. The maximum atomic E-state index is 12.6. The number of piperidine rings is 1. The normalized spacial score (nSPS) is 23.8. The van der Waals surface area contributed by atoms with Gasteiger partial charge in [0.1, 0.15) is 5.75 Å². The van der Waals surface area contributed by atoms with Gasteiger partial charge in [0.15, 0.2) is 0 Å². The summed E-state index contributed by atoms with van der Waals surface area (Å²) in [5.41, 5.74) is 2.31. The van der Waals surface area contributed by atoms with Crippen molar-refractivity contribution in [2.75, 3.05) is 39.8 Å². The number of ether oxygens (including phenoxy) is 2. The molecule has 2 aromatic carbocycles. The van der Waals surface area contributed by atoms with Gasteiger partial charge in [-0.25, -0.2) is 0 Å². The summed E-state index contributed by atoms with van der Waals surface area (Å²) in [6, 6.07) is 18.3. The van der Waals surface area contributed by atoms with Gasteiger partial charge in [-0.2, -0.15) is 0 Å². The first-order valence-corrected chi connectivity index (χ1v) is 13.1. The highest BCUT2D eigenvalue weighted by molar-refractivity contribution is 5.86. The minimum Gasteiger partial charge on any atom is -0.496 e. The summed E-state index contributed by atoms with van der Waals surface area (Å²) in [5, 5.41) is 3.02. The predicted octanol–water partition coefficient (Wildman–Crippen LogP) is 3.34. The van der Waals surface area contributed by atoms with Crippen molar-refractivity contribution in [2.45, 2.75) is 56.3 Å². The van der Waals surface area contributed by atoms with Crippen molar-refractivity contribution < 1.29 is 19.1 Å². The molecule has 36 heavy (non-hydrogen) atoms. The summed E-state index contributed by atoms with van der Waals surface area (Å²) >= 11 is 0. The lowest BCUT2D eigenvalue weighted by Gasteiger charge is -2.39. The fourth-order valence-electron chi connectivity index (χ4n) is 5.93. The van der Waals surface area contributed by atoms with Gasteiger partial charge in [0.25, 0.3) is 0 Å². The maximum absolute atomic E-state index is 12.6. The first-order valence-electron chi connectivity index (χ1n) is 13.1. The molecule has 3 aliphatic heterocycles. The van der Waals surface area contributed by atoms with Crippen molar-refractivity contribution in [2.24, 2.45) is 0 Å². The van der Waals surface area contributed by atoms with E-state index >= 15 is 0 Å². The van der Waals surface area contributed by atoms with Gasteiger partial charge in [0.05, 0.1) is 25.4 Å². The van der Waals surface area contributed by atoms with Crippen LogP contribution in [0.5, 0.6) is 5.75 Å². The molecule has 3 aliphatic rings. The summed E-state index contributed by atoms with van der Waals surface area (Å²) in [6.07, 6.45) is 4.54. The Morgan fingerprint density at radius 1 is 1.08 bits per heavy atom. The lowest BCUT2D eigenvalue weighted by molar-refractivity contribution is -0.133. The third kappa shape index (κ3) is 5.73. The molecular weight excluding hydrogens is 454 g/mol. The van der Waals surface area contributed by atoms with E-state index in [4.69, 9.17) is 9.47 Å². The highest BCUT2D eigenvalue weighted by atomic mass is 16.5. The van der Waals surface area contributed by atoms with Gasteiger partial charge < -0.3 is 19.7 Å². The molecule has 0 bridgehead atoms. The van der Waals surface area contributed by atoms with Crippen LogP contribution in [0.4, 0.5) is 0 Å². The molecule has 5 rings (SSSR count). The SMILES string of the molecule is COc1ccccc1CN1CCC2(CCC(CNC(=O)CN3CC(c4ccccc4)CC3=O)O2)CC1. The summed E-state index contributed by atoms with van der Waals surface area (Å²) in [4.78, 5) is 29.2. The maximum Gasteiger partial charge on any atom is 0.239 e. The van der Waals surface area contributed by atoms with Gasteiger partial charge >= 0.3 is 0 Å². The van der Waals surface area contributed by atoms with E-state index in [1.165, 1.54) is 5.56 Å². The Labute approximate surface area is 213 Å². The van der Waals surface area contributed by atoms with Crippen LogP contribution in [-0.2, 0) is 20.9 Å². The summed E-state index contributed by atoms with van der Waals surface area (Å²) in [7, 11) is 1.72. The number of nitrogens with zero attached hydrogens (tertiary/aromatic N) is 2. The van der Waals surface area contributed by atoms with Crippen LogP contribution in [0.25, 0.3) is 0 Å². The van der Waals surface area contributed by atoms with Crippen LogP contribution in [0.15, 0.2) is 54.6 Å². The molecule has 3 saturated heterocycles. The molecule has 3 fully saturated rings. The molecular formula is C29H37N3O4. The number of hydrogen-bond acceptors (Lipinski definition) is 5. The molecule has 192 valence electrons. The van der Waals surface area contributed by atoms with Crippen LogP contribution in [-0.4, -0.2) is 73.2 Å². The molecule has 0 radical (unpaired) electrons. The Balaban J connectivity index is 1.04. The second kappa shape index (κ2) is 11.0. The van der Waals surface area contributed by atoms with Crippen molar-refractivity contribution in [3.63, 3.8) is 0 Å². The van der Waals surface area contributed by atoms with Gasteiger partial charge in [-0.1, -0.05) is 48.5 Å². The number of nitrogens with one attached hydrogen (secondary N) is 1. The van der Waals surface area contributed by atoms with E-state index in [1.807, 2.05) is 30.3 Å². The second-order valence-electron chi connectivity index (χ2n) is 10.4. The molecule has 2 atom stereocenters. The molecule has 0 saturated carbocycles. The summed E-state index contributed by atoms with van der Waals surface area (Å²) in [6.45, 7) is 4.12. The van der Waals surface area contributed by atoms with Gasteiger partial charge in [-0.05, 0) is 37.3 Å². The van der Waals surface area contributed by atoms with Crippen LogP contribution in [0.1, 0.15) is 49.1 Å². The van der Waals surface area contributed by atoms with Crippen LogP contribution < -0.4 is 10.1 Å². The third-order valence-corrected chi connectivity index (χ3v) is 8.04. The summed E-state index contributed by atoms with van der Waals surface area (Å²) < 4.78 is 12.0. The minimum atomic E-state index is -0.103. The fraction of sp³-hybridized carbons (Fsp3) is 0.517. The number of para-hydroxylation sites is 1. The van der Waals surface area contributed by atoms with Crippen LogP contribution in [0.3, 0.4) is 0 Å². The van der Waals surface area contributed by atoms with Crippen LogP contribution in [0, 0.1) is 0 Å². The third-order valence-electron chi connectivity index (χ3n) is 8.04. The Morgan fingerprint density at radius 2 is 1.83 bits per heavy atom. The molecule has 3 heterocycles. The first kappa shape index (κ1) is 24.8. The Kier molecular flexibility index (Phi) is 7.58. The standard InChI is InChI=1S/C29H37N3O4/c1-35-26-10-6-5-9-23(26)19-31-15-13-29(14-16-31)12-11-25(36-29)18-30-27(33)21-32-20-24(17-28(32)34)22-7-3-2-4-8-22/h2-10,24-25H,11-21H2,1H3,(H,30,33). The van der Waals surface area contributed by atoms with Gasteiger partial charge in [0.2, 0.25) is 11.8 Å². The van der Waals surface area contributed by atoms with E-state index in [2.05, 4.69) is 34.5 Å². The zero-order valence-corrected chi connectivity index (χ0v) is 21.2. The fourth-order valence-corrected chi connectivity index (χ4v) is 5.93. The number of carbonyl (C=O) groups excluding carboxylic acids is 2. The average Bonchev–Trinajstić information content (AvgIpc) is 3.48. The van der Waals surface area contributed by atoms with Crippen LogP contribution in [0.2, 0.25) is 0 Å². The van der Waals surface area contributed by atoms with E-state index in [9.17, 15) is 9.59 Å². The molecule has 7 nitrogen and oxygen atoms in total. The lowest BCUT2D eigenvalue weighted by atomic mass is 9.88. The summed E-state index contributed by atoms with van der Waals surface area (Å²) in [5.74, 6) is 1.05. The number of rotatable bonds is 8. The van der Waals surface area contributed by atoms with Gasteiger partial charge in [0, 0.05) is 50.6 Å². The van der Waals surface area contributed by atoms with Crippen molar-refractivity contribution in [3.8, 4) is 5.75 Å². The number of likely N-dealkylation sites (tertiary alicyclic amines) is 2. The zero-order valence-electron chi connectivity index (χ0n) is 21.2. The van der Waals surface area contributed by atoms with E-state index < -0.39 is 0 Å². The topological polar surface area (TPSA) is 71.1 Å². The number of methoxy groups -OCH3 is 1. The van der Waals surface area contributed by atoms with E-state index in [-0.39, 0.29) is 36.0 Å². The van der Waals surface area contributed by atoms with Crippen molar-refractivity contribution in [1.82, 2.24) is 15.1 Å². The zero-order chi connectivity index (χ0) is 25.0. The molecule has 2 unspecified atom stereocenters. The van der Waals surface area contributed by atoms with Crippen molar-refractivity contribution >= 4 is 11.8 Å². The second-order valence-corrected chi connectivity index (χ2v) is 10.4. The molecule has 1 spiro atoms. The molecule has 1 N–H and O–H groups in total. The van der Waals surface area contributed by atoms with Gasteiger partial charge in [-0.3, -0.25) is 14.5 Å². The first-order chi connectivity index (χ1) is 17.5. The number of carbonyl (C=O) groups is 2. The van der Waals surface area contributed by atoms with E-state index in [1.54, 1.807) is 12.0 Å². The largest absolute Gasteiger partial charge is 0.496 e. The molecule has 0 aromatic heterocycles. The predicted molar refractivity (Wildman–Crippen MR) is 138 cm³/mol. The average molecular weight is 492 g/mol. The molecule has 2 amide bonds. The molecule has 7 heteroatoms. The highest BCUT2D eigenvalue weighted by Crippen LogP contribution is 2.39.